The molecule has 0 aromatic carbocycles. The van der Waals surface area contributed by atoms with Gasteiger partial charge in [0, 0.05) is 25.7 Å². The first-order chi connectivity index (χ1) is 13.4. The van der Waals surface area contributed by atoms with E-state index < -0.39 is 6.04 Å². The molecule has 2 heterocycles. The summed E-state index contributed by atoms with van der Waals surface area (Å²) in [5, 5.41) is 3.00. The lowest BCUT2D eigenvalue weighted by atomic mass is 9.85. The number of fused-ring (bicyclic) bond motifs is 1. The van der Waals surface area contributed by atoms with Crippen LogP contribution in [0, 0.1) is 17.8 Å². The van der Waals surface area contributed by atoms with E-state index >= 15 is 0 Å². The van der Waals surface area contributed by atoms with Gasteiger partial charge >= 0.3 is 0 Å². The largest absolute Gasteiger partial charge is 0.379 e. The first-order valence-electron chi connectivity index (χ1n) is 10.5. The summed E-state index contributed by atoms with van der Waals surface area (Å²) in [6.07, 6.45) is 5.61. The molecule has 2 fully saturated rings. The molecule has 7 nitrogen and oxygen atoms in total. The van der Waals surface area contributed by atoms with Gasteiger partial charge in [0.05, 0.1) is 25.0 Å². The van der Waals surface area contributed by atoms with Gasteiger partial charge in [-0.25, -0.2) is 0 Å². The van der Waals surface area contributed by atoms with Gasteiger partial charge in [0.2, 0.25) is 17.7 Å². The quantitative estimate of drug-likeness (QED) is 0.521. The van der Waals surface area contributed by atoms with Crippen molar-refractivity contribution in [2.24, 2.45) is 17.8 Å². The fourth-order valence-electron chi connectivity index (χ4n) is 4.42. The number of ether oxygens (including phenoxy) is 1. The van der Waals surface area contributed by atoms with Crippen LogP contribution < -0.4 is 5.32 Å². The molecular weight excluding hydrogens is 358 g/mol. The van der Waals surface area contributed by atoms with Gasteiger partial charge in [-0.1, -0.05) is 26.0 Å². The van der Waals surface area contributed by atoms with Crippen LogP contribution in [0.15, 0.2) is 12.2 Å². The Hall–Kier alpha value is -1.73. The molecule has 7 heteroatoms. The van der Waals surface area contributed by atoms with Gasteiger partial charge in [-0.05, 0) is 32.1 Å². The molecule has 2 saturated heterocycles. The van der Waals surface area contributed by atoms with E-state index in [0.29, 0.717) is 39.0 Å². The van der Waals surface area contributed by atoms with Gasteiger partial charge in [-0.15, -0.1) is 0 Å². The summed E-state index contributed by atoms with van der Waals surface area (Å²) >= 11 is 0. The zero-order valence-corrected chi connectivity index (χ0v) is 17.2. The molecule has 4 atom stereocenters. The minimum absolute atomic E-state index is 0.179. The Bertz CT molecular complexity index is 601. The third-order valence-corrected chi connectivity index (χ3v) is 6.09. The van der Waals surface area contributed by atoms with E-state index in [-0.39, 0.29) is 41.5 Å². The number of carbonyl (C=O) groups is 3. The van der Waals surface area contributed by atoms with Crippen molar-refractivity contribution < 1.29 is 19.1 Å². The molecule has 3 rings (SSSR count). The van der Waals surface area contributed by atoms with Crippen molar-refractivity contribution in [3.63, 3.8) is 0 Å². The Morgan fingerprint density at radius 3 is 2.21 bits per heavy atom. The molecule has 3 amide bonds. The molecule has 0 spiro atoms. The monoisotopic (exact) mass is 391 g/mol. The molecule has 28 heavy (non-hydrogen) atoms. The van der Waals surface area contributed by atoms with E-state index in [1.54, 1.807) is 0 Å². The molecule has 3 aliphatic rings. The van der Waals surface area contributed by atoms with Gasteiger partial charge in [0.15, 0.2) is 0 Å². The summed E-state index contributed by atoms with van der Waals surface area (Å²) in [5.41, 5.74) is 0. The molecule has 156 valence electrons. The van der Waals surface area contributed by atoms with E-state index in [1.807, 2.05) is 26.0 Å². The molecule has 2 aliphatic heterocycles. The lowest BCUT2D eigenvalue weighted by Crippen LogP contribution is -2.53. The smallest absolute Gasteiger partial charge is 0.243 e. The van der Waals surface area contributed by atoms with Crippen LogP contribution >= 0.6 is 0 Å². The summed E-state index contributed by atoms with van der Waals surface area (Å²) in [5.74, 6) is -0.974. The van der Waals surface area contributed by atoms with Crippen LogP contribution in [0.2, 0.25) is 0 Å². The Morgan fingerprint density at radius 2 is 1.68 bits per heavy atom. The van der Waals surface area contributed by atoms with Crippen molar-refractivity contribution in [1.29, 1.82) is 0 Å². The zero-order valence-electron chi connectivity index (χ0n) is 17.2. The molecule has 1 N–H and O–H groups in total. The highest BCUT2D eigenvalue weighted by Gasteiger charge is 2.51. The molecule has 4 unspecified atom stereocenters. The zero-order chi connectivity index (χ0) is 20.3. The molecule has 0 radical (unpaired) electrons. The Labute approximate surface area is 167 Å². The van der Waals surface area contributed by atoms with Crippen LogP contribution in [0.5, 0.6) is 0 Å². The number of allylic oxidation sites excluding steroid dienone is 2. The number of likely N-dealkylation sites (tertiary alicyclic amines) is 1. The molecule has 1 aliphatic carbocycles. The second-order valence-electron chi connectivity index (χ2n) is 8.59. The lowest BCUT2D eigenvalue weighted by molar-refractivity contribution is -0.148. The molecule has 0 saturated carbocycles. The standard InChI is InChI=1S/C21H33N3O4/c1-14(2)12-18(19(25)22-13-15(3)23-8-10-28-11-9-23)24-20(26)16-6-4-5-7-17(16)21(24)27/h4-5,14-18H,6-13H2,1-3H3,(H,22,25). The fraction of sp³-hybridized carbons (Fsp3) is 0.762. The molecular formula is C21H33N3O4. The fourth-order valence-corrected chi connectivity index (χ4v) is 4.42. The van der Waals surface area contributed by atoms with Crippen molar-refractivity contribution in [3.8, 4) is 0 Å². The maximum atomic E-state index is 13.0. The highest BCUT2D eigenvalue weighted by Crippen LogP contribution is 2.37. The second-order valence-corrected chi connectivity index (χ2v) is 8.59. The number of amides is 3. The number of carbonyl (C=O) groups excluding carboxylic acids is 3. The number of hydrogen-bond donors (Lipinski definition) is 1. The number of morpholine rings is 1. The Balaban J connectivity index is 1.66. The van der Waals surface area contributed by atoms with Crippen LogP contribution in [-0.4, -0.2) is 72.5 Å². The van der Waals surface area contributed by atoms with Gasteiger partial charge in [-0.2, -0.15) is 0 Å². The molecule has 0 aromatic heterocycles. The van der Waals surface area contributed by atoms with Gasteiger partial charge in [0.1, 0.15) is 6.04 Å². The summed E-state index contributed by atoms with van der Waals surface area (Å²) in [4.78, 5) is 42.5. The average molecular weight is 392 g/mol. The normalized spacial score (nSPS) is 27.8. The summed E-state index contributed by atoms with van der Waals surface area (Å²) in [6, 6.07) is -0.535. The highest BCUT2D eigenvalue weighted by atomic mass is 16.5. The van der Waals surface area contributed by atoms with E-state index in [1.165, 1.54) is 4.90 Å². The van der Waals surface area contributed by atoms with Crippen molar-refractivity contribution in [2.45, 2.75) is 52.1 Å². The number of imide groups is 1. The van der Waals surface area contributed by atoms with E-state index in [2.05, 4.69) is 17.1 Å². The van der Waals surface area contributed by atoms with Crippen molar-refractivity contribution in [2.75, 3.05) is 32.8 Å². The second kappa shape index (κ2) is 9.18. The van der Waals surface area contributed by atoms with E-state index in [4.69, 9.17) is 4.74 Å². The van der Waals surface area contributed by atoms with Gasteiger partial charge in [-0.3, -0.25) is 24.2 Å². The minimum atomic E-state index is -0.720. The van der Waals surface area contributed by atoms with Crippen molar-refractivity contribution >= 4 is 17.7 Å². The van der Waals surface area contributed by atoms with Gasteiger partial charge < -0.3 is 10.1 Å². The third-order valence-electron chi connectivity index (χ3n) is 6.09. The van der Waals surface area contributed by atoms with Crippen molar-refractivity contribution in [1.82, 2.24) is 15.1 Å². The number of rotatable bonds is 7. The van der Waals surface area contributed by atoms with Crippen LogP contribution in [0.3, 0.4) is 0 Å². The topological polar surface area (TPSA) is 79.0 Å². The lowest BCUT2D eigenvalue weighted by Gasteiger charge is -2.33. The van der Waals surface area contributed by atoms with E-state index in [0.717, 1.165) is 13.1 Å². The Kier molecular flexibility index (Phi) is 6.88. The first kappa shape index (κ1) is 21.0. The third kappa shape index (κ3) is 4.46. The predicted octanol–water partition coefficient (Wildman–Crippen LogP) is 1.19. The van der Waals surface area contributed by atoms with Crippen LogP contribution in [0.4, 0.5) is 0 Å². The number of hydrogen-bond acceptors (Lipinski definition) is 5. The van der Waals surface area contributed by atoms with Crippen molar-refractivity contribution in [3.05, 3.63) is 12.2 Å². The average Bonchev–Trinajstić information content (AvgIpc) is 2.95. The predicted molar refractivity (Wildman–Crippen MR) is 105 cm³/mol. The van der Waals surface area contributed by atoms with Crippen LogP contribution in [0.1, 0.15) is 40.0 Å². The first-order valence-corrected chi connectivity index (χ1v) is 10.5. The maximum absolute atomic E-state index is 13.0. The van der Waals surface area contributed by atoms with Crippen LogP contribution in [0.25, 0.3) is 0 Å². The number of nitrogens with one attached hydrogen (secondary N) is 1. The SMILES string of the molecule is CC(C)CC(C(=O)NCC(C)N1CCOCC1)N1C(=O)C2CC=CCC2C1=O. The maximum Gasteiger partial charge on any atom is 0.243 e. The van der Waals surface area contributed by atoms with Crippen LogP contribution in [-0.2, 0) is 19.1 Å². The van der Waals surface area contributed by atoms with E-state index in [9.17, 15) is 14.4 Å². The summed E-state index contributed by atoms with van der Waals surface area (Å²) in [6.45, 7) is 9.72. The molecule has 0 bridgehead atoms. The Morgan fingerprint density at radius 1 is 1.11 bits per heavy atom. The highest BCUT2D eigenvalue weighted by molar-refractivity contribution is 6.08. The number of nitrogens with zero attached hydrogens (tertiary/aromatic N) is 2. The summed E-state index contributed by atoms with van der Waals surface area (Å²) < 4.78 is 5.38. The van der Waals surface area contributed by atoms with Gasteiger partial charge in [0.25, 0.3) is 0 Å². The minimum Gasteiger partial charge on any atom is -0.379 e. The summed E-state index contributed by atoms with van der Waals surface area (Å²) in [7, 11) is 0. The molecule has 0 aromatic rings.